The number of hydrogen-bond acceptors (Lipinski definition) is 8. The molecule has 0 amide bonds. The van der Waals surface area contributed by atoms with Crippen LogP contribution in [0.4, 0.5) is 0 Å². The molecule has 10 heteroatoms. The lowest BCUT2D eigenvalue weighted by Crippen LogP contribution is -2.01. The molecular formula is C73H45N9O. The van der Waals surface area contributed by atoms with Crippen LogP contribution in [-0.2, 0) is 0 Å². The first-order chi connectivity index (χ1) is 41.1. The fourth-order valence-corrected chi connectivity index (χ4v) is 11.5. The van der Waals surface area contributed by atoms with Crippen molar-refractivity contribution in [2.24, 2.45) is 0 Å². The highest BCUT2D eigenvalue weighted by Gasteiger charge is 2.21. The molecule has 0 aliphatic rings. The van der Waals surface area contributed by atoms with Gasteiger partial charge in [-0.1, -0.05) is 194 Å². The number of nitrogens with zero attached hydrogens (tertiary/aromatic N) is 9. The number of benzene rings is 11. The monoisotopic (exact) mass is 1060 g/mol. The van der Waals surface area contributed by atoms with E-state index in [2.05, 4.69) is 130 Å². The maximum absolute atomic E-state index is 6.57. The van der Waals surface area contributed by atoms with E-state index in [1.54, 1.807) is 0 Å². The number of oxazole rings is 1. The summed E-state index contributed by atoms with van der Waals surface area (Å²) in [6.07, 6.45) is 0. The van der Waals surface area contributed by atoms with Gasteiger partial charge in [0.05, 0.1) is 22.1 Å². The third-order valence-electron chi connectivity index (χ3n) is 15.4. The summed E-state index contributed by atoms with van der Waals surface area (Å²) >= 11 is 0. The third-order valence-corrected chi connectivity index (χ3v) is 15.4. The Morgan fingerprint density at radius 1 is 0.229 bits per heavy atom. The Kier molecular flexibility index (Phi) is 11.3. The minimum Gasteiger partial charge on any atom is -0.436 e. The summed E-state index contributed by atoms with van der Waals surface area (Å²) in [7, 11) is 0. The highest BCUT2D eigenvalue weighted by molar-refractivity contribution is 6.15. The first kappa shape index (κ1) is 47.5. The molecule has 0 spiro atoms. The SMILES string of the molecule is c1ccc(-c2nc(-c3ccccc3)nc(-c3cccc(-n4c5ccccc5c5cc(-c6ccc7c(c6)c6cc8oc(-c9ccccc9)nc8cc6n7-c6cccc(-c7nc(-c8ccccc8)nc(-c8ccccc8)n7)c6)ccc54)c3)n2)cc1. The zero-order chi connectivity index (χ0) is 54.8. The number of aromatic nitrogens is 9. The van der Waals surface area contributed by atoms with Gasteiger partial charge in [-0.15, -0.1) is 0 Å². The van der Waals surface area contributed by atoms with Crippen molar-refractivity contribution in [1.29, 1.82) is 0 Å². The van der Waals surface area contributed by atoms with E-state index in [0.29, 0.717) is 46.4 Å². The second-order valence-electron chi connectivity index (χ2n) is 20.6. The van der Waals surface area contributed by atoms with E-state index in [0.717, 1.165) is 111 Å². The van der Waals surface area contributed by atoms with E-state index in [9.17, 15) is 0 Å². The van der Waals surface area contributed by atoms with Crippen molar-refractivity contribution < 1.29 is 4.42 Å². The van der Waals surface area contributed by atoms with E-state index in [4.69, 9.17) is 39.3 Å². The zero-order valence-corrected chi connectivity index (χ0v) is 44.4. The van der Waals surface area contributed by atoms with Crippen LogP contribution in [0.1, 0.15) is 0 Å². The highest BCUT2D eigenvalue weighted by atomic mass is 16.3. The molecule has 0 aliphatic carbocycles. The Labute approximate surface area is 476 Å². The molecule has 0 radical (unpaired) electrons. The Hall–Kier alpha value is -11.5. The topological polar surface area (TPSA) is 113 Å². The highest BCUT2D eigenvalue weighted by Crippen LogP contribution is 2.41. The van der Waals surface area contributed by atoms with Gasteiger partial charge in [0, 0.05) is 71.9 Å². The first-order valence-electron chi connectivity index (χ1n) is 27.5. The standard InChI is InChI=1S/C73H45N9O/c1-6-20-46(21-7-1)67-75-68(47-22-8-2-9-23-47)78-71(77-67)53-30-18-32-55(40-53)81-62-35-17-16-34-57(62)58-42-51(36-38-63(58)81)52-37-39-64-59(43-52)60-44-66-61(74-73(83-66)50-28-14-5-15-29-50)45-65(60)82(64)56-33-19-31-54(41-56)72-79-69(48-24-10-3-11-25-48)76-70(80-72)49-26-12-4-13-27-49/h1-45H. The average molecular weight is 1060 g/mol. The van der Waals surface area contributed by atoms with Crippen LogP contribution in [-0.4, -0.2) is 44.0 Å². The number of fused-ring (bicyclic) bond motifs is 7. The second kappa shape index (κ2) is 19.7. The van der Waals surface area contributed by atoms with Crippen molar-refractivity contribution in [2.45, 2.75) is 0 Å². The van der Waals surface area contributed by atoms with Gasteiger partial charge in [-0.25, -0.2) is 34.9 Å². The van der Waals surface area contributed by atoms with E-state index in [-0.39, 0.29) is 0 Å². The lowest BCUT2D eigenvalue weighted by molar-refractivity contribution is 0.620. The molecule has 11 aromatic carbocycles. The predicted octanol–water partition coefficient (Wildman–Crippen LogP) is 17.7. The molecule has 0 atom stereocenters. The van der Waals surface area contributed by atoms with E-state index in [1.807, 2.05) is 152 Å². The third kappa shape index (κ3) is 8.48. The van der Waals surface area contributed by atoms with Crippen molar-refractivity contribution in [3.63, 3.8) is 0 Å². The van der Waals surface area contributed by atoms with Crippen molar-refractivity contribution >= 4 is 54.7 Å². The van der Waals surface area contributed by atoms with Crippen LogP contribution in [0.2, 0.25) is 0 Å². The molecule has 0 fully saturated rings. The Morgan fingerprint density at radius 3 is 1.06 bits per heavy atom. The van der Waals surface area contributed by atoms with Gasteiger partial charge in [-0.3, -0.25) is 0 Å². The van der Waals surface area contributed by atoms with Gasteiger partial charge in [0.15, 0.2) is 40.5 Å². The lowest BCUT2D eigenvalue weighted by Gasteiger charge is -2.12. The minimum absolute atomic E-state index is 0.573. The van der Waals surface area contributed by atoms with Crippen LogP contribution in [0.25, 0.3) is 157 Å². The van der Waals surface area contributed by atoms with Crippen LogP contribution < -0.4 is 0 Å². The molecule has 16 rings (SSSR count). The summed E-state index contributed by atoms with van der Waals surface area (Å²) in [4.78, 5) is 35.3. The first-order valence-corrected chi connectivity index (χ1v) is 27.5. The van der Waals surface area contributed by atoms with Crippen molar-refractivity contribution in [1.82, 2.24) is 44.0 Å². The summed E-state index contributed by atoms with van der Waals surface area (Å²) < 4.78 is 11.2. The lowest BCUT2D eigenvalue weighted by atomic mass is 10.0. The maximum Gasteiger partial charge on any atom is 0.227 e. The Balaban J connectivity index is 0.833. The summed E-state index contributed by atoms with van der Waals surface area (Å²) in [5.74, 6) is 4.21. The molecule has 388 valence electrons. The Bertz CT molecular complexity index is 5020. The molecule has 0 N–H and O–H groups in total. The van der Waals surface area contributed by atoms with Crippen molar-refractivity contribution in [3.05, 3.63) is 273 Å². The van der Waals surface area contributed by atoms with Crippen LogP contribution >= 0.6 is 0 Å². The molecule has 0 bridgehead atoms. The van der Waals surface area contributed by atoms with Gasteiger partial charge in [0.25, 0.3) is 0 Å². The quantitative estimate of drug-likeness (QED) is 0.133. The second-order valence-corrected chi connectivity index (χ2v) is 20.6. The molecule has 83 heavy (non-hydrogen) atoms. The molecule has 16 aromatic rings. The molecule has 10 nitrogen and oxygen atoms in total. The van der Waals surface area contributed by atoms with Crippen LogP contribution in [0, 0.1) is 0 Å². The van der Waals surface area contributed by atoms with Gasteiger partial charge in [0.2, 0.25) is 5.89 Å². The minimum atomic E-state index is 0.573. The average Bonchev–Trinajstić information content (AvgIpc) is 3.45. The maximum atomic E-state index is 6.57. The molecule has 5 aromatic heterocycles. The fraction of sp³-hybridized carbons (Fsp3) is 0. The van der Waals surface area contributed by atoms with Crippen molar-refractivity contribution in [2.75, 3.05) is 0 Å². The summed E-state index contributed by atoms with van der Waals surface area (Å²) in [6.45, 7) is 0. The fourth-order valence-electron chi connectivity index (χ4n) is 11.5. The smallest absolute Gasteiger partial charge is 0.227 e. The van der Waals surface area contributed by atoms with Crippen LogP contribution in [0.3, 0.4) is 0 Å². The summed E-state index contributed by atoms with van der Waals surface area (Å²) in [5.41, 5.74) is 16.2. The summed E-state index contributed by atoms with van der Waals surface area (Å²) in [6, 6.07) is 93.8. The molecule has 0 aliphatic heterocycles. The molecular weight excluding hydrogens is 1020 g/mol. The Morgan fingerprint density at radius 2 is 0.590 bits per heavy atom. The number of rotatable bonds is 10. The van der Waals surface area contributed by atoms with Gasteiger partial charge in [-0.05, 0) is 90.0 Å². The molecule has 5 heterocycles. The number of hydrogen-bond donors (Lipinski definition) is 0. The van der Waals surface area contributed by atoms with Gasteiger partial charge >= 0.3 is 0 Å². The van der Waals surface area contributed by atoms with Gasteiger partial charge in [-0.2, -0.15) is 0 Å². The van der Waals surface area contributed by atoms with Crippen molar-refractivity contribution in [3.8, 4) is 102 Å². The molecule has 0 saturated carbocycles. The normalized spacial score (nSPS) is 11.6. The zero-order valence-electron chi connectivity index (χ0n) is 44.4. The van der Waals surface area contributed by atoms with Gasteiger partial charge < -0.3 is 13.6 Å². The molecule has 0 unspecified atom stereocenters. The van der Waals surface area contributed by atoms with E-state index in [1.165, 1.54) is 0 Å². The van der Waals surface area contributed by atoms with Crippen LogP contribution in [0.5, 0.6) is 0 Å². The van der Waals surface area contributed by atoms with E-state index < -0.39 is 0 Å². The van der Waals surface area contributed by atoms with Crippen LogP contribution in [0.15, 0.2) is 277 Å². The van der Waals surface area contributed by atoms with Gasteiger partial charge in [0.1, 0.15) is 5.52 Å². The summed E-state index contributed by atoms with van der Waals surface area (Å²) in [5, 5.41) is 4.40. The largest absolute Gasteiger partial charge is 0.436 e. The van der Waals surface area contributed by atoms with E-state index >= 15 is 0 Å². The predicted molar refractivity (Wildman–Crippen MR) is 333 cm³/mol. The molecule has 0 saturated heterocycles. The number of para-hydroxylation sites is 1.